The average molecular weight is 478 g/mol. The lowest BCUT2D eigenvalue weighted by atomic mass is 9.92. The maximum atomic E-state index is 12.9. The fraction of sp³-hybridized carbons (Fsp3) is 0.435. The molecule has 1 atom stereocenters. The van der Waals surface area contributed by atoms with E-state index in [1.54, 1.807) is 38.5 Å². The van der Waals surface area contributed by atoms with E-state index in [0.29, 0.717) is 23.2 Å². The molecule has 174 valence electrons. The van der Waals surface area contributed by atoms with Gasteiger partial charge in [0.25, 0.3) is 0 Å². The molecule has 0 aromatic heterocycles. The highest BCUT2D eigenvalue weighted by Crippen LogP contribution is 2.38. The number of fused-ring (bicyclic) bond motifs is 1. The number of nitrogens with one attached hydrogen (secondary N) is 2. The molecule has 0 fully saturated rings. The standard InChI is InChI=1S/C23H31N3O4S2/c1-5-11-24-23(31)26-12-10-17-13-21(29-3)22(30-4)14-19(17)20(26)15-25-32(27,28)18-8-6-16(2)7-9-18/h6-9,13-14,20,25H,5,10-12,15H2,1-4H3,(H,24,31)/t20-/m1/s1. The van der Waals surface area contributed by atoms with Gasteiger partial charge < -0.3 is 19.7 Å². The van der Waals surface area contributed by atoms with Crippen molar-refractivity contribution in [3.63, 3.8) is 0 Å². The first-order valence-corrected chi connectivity index (χ1v) is 12.6. The summed E-state index contributed by atoms with van der Waals surface area (Å²) >= 11 is 5.65. The number of thiocarbonyl (C=S) groups is 1. The van der Waals surface area contributed by atoms with Crippen molar-refractivity contribution in [3.05, 3.63) is 53.1 Å². The van der Waals surface area contributed by atoms with Crippen molar-refractivity contribution >= 4 is 27.4 Å². The molecule has 32 heavy (non-hydrogen) atoms. The van der Waals surface area contributed by atoms with Crippen LogP contribution in [0, 0.1) is 6.92 Å². The van der Waals surface area contributed by atoms with E-state index in [-0.39, 0.29) is 17.5 Å². The van der Waals surface area contributed by atoms with Crippen molar-refractivity contribution in [2.75, 3.05) is 33.9 Å². The zero-order chi connectivity index (χ0) is 23.3. The topological polar surface area (TPSA) is 79.9 Å². The molecular formula is C23H31N3O4S2. The Bertz CT molecular complexity index is 1060. The molecule has 2 N–H and O–H groups in total. The van der Waals surface area contributed by atoms with Gasteiger partial charge in [-0.05, 0) is 67.4 Å². The van der Waals surface area contributed by atoms with E-state index in [2.05, 4.69) is 21.9 Å². The third-order valence-electron chi connectivity index (χ3n) is 5.59. The third-order valence-corrected chi connectivity index (χ3v) is 7.41. The van der Waals surface area contributed by atoms with E-state index in [1.165, 1.54) is 0 Å². The Morgan fingerprint density at radius 3 is 2.44 bits per heavy atom. The SMILES string of the molecule is CCCNC(=S)N1CCc2cc(OC)c(OC)cc2[C@H]1CNS(=O)(=O)c1ccc(C)cc1. The van der Waals surface area contributed by atoms with Gasteiger partial charge in [0.1, 0.15) is 0 Å². The molecule has 0 radical (unpaired) electrons. The van der Waals surface area contributed by atoms with E-state index in [1.807, 2.05) is 19.1 Å². The van der Waals surface area contributed by atoms with Crippen LogP contribution in [0.5, 0.6) is 11.5 Å². The molecule has 3 rings (SSSR count). The monoisotopic (exact) mass is 477 g/mol. The van der Waals surface area contributed by atoms with E-state index in [0.717, 1.165) is 36.1 Å². The van der Waals surface area contributed by atoms with Gasteiger partial charge in [-0.15, -0.1) is 0 Å². The number of ether oxygens (including phenoxy) is 2. The van der Waals surface area contributed by atoms with Gasteiger partial charge in [-0.25, -0.2) is 13.1 Å². The summed E-state index contributed by atoms with van der Waals surface area (Å²) in [5.74, 6) is 1.26. The van der Waals surface area contributed by atoms with Gasteiger partial charge in [0, 0.05) is 19.6 Å². The first-order valence-electron chi connectivity index (χ1n) is 10.7. The maximum Gasteiger partial charge on any atom is 0.240 e. The fourth-order valence-electron chi connectivity index (χ4n) is 3.81. The van der Waals surface area contributed by atoms with Crippen molar-refractivity contribution in [2.24, 2.45) is 0 Å². The van der Waals surface area contributed by atoms with E-state index < -0.39 is 10.0 Å². The number of benzene rings is 2. The Labute approximate surface area is 196 Å². The smallest absolute Gasteiger partial charge is 0.240 e. The summed E-state index contributed by atoms with van der Waals surface area (Å²) in [6.45, 7) is 5.61. The van der Waals surface area contributed by atoms with E-state index in [4.69, 9.17) is 21.7 Å². The molecule has 1 aliphatic rings. The van der Waals surface area contributed by atoms with Gasteiger partial charge in [-0.1, -0.05) is 24.6 Å². The largest absolute Gasteiger partial charge is 0.493 e. The third kappa shape index (κ3) is 5.33. The molecule has 1 heterocycles. The predicted octanol–water partition coefficient (Wildman–Crippen LogP) is 3.17. The molecule has 2 aromatic rings. The summed E-state index contributed by atoms with van der Waals surface area (Å²) in [7, 11) is -0.472. The van der Waals surface area contributed by atoms with Crippen LogP contribution in [0.4, 0.5) is 0 Å². The summed E-state index contributed by atoms with van der Waals surface area (Å²) in [6.07, 6.45) is 1.71. The minimum atomic E-state index is -3.67. The number of sulfonamides is 1. The van der Waals surface area contributed by atoms with E-state index in [9.17, 15) is 8.42 Å². The second kappa shape index (κ2) is 10.5. The number of nitrogens with zero attached hydrogens (tertiary/aromatic N) is 1. The van der Waals surface area contributed by atoms with Gasteiger partial charge in [0.05, 0.1) is 25.2 Å². The molecule has 1 aliphatic heterocycles. The van der Waals surface area contributed by atoms with Crippen LogP contribution in [-0.2, 0) is 16.4 Å². The molecule has 0 saturated heterocycles. The van der Waals surface area contributed by atoms with Gasteiger partial charge in [-0.2, -0.15) is 0 Å². The molecule has 0 aliphatic carbocycles. The van der Waals surface area contributed by atoms with Crippen molar-refractivity contribution in [1.82, 2.24) is 14.9 Å². The minimum Gasteiger partial charge on any atom is -0.493 e. The average Bonchev–Trinajstić information content (AvgIpc) is 2.80. The summed E-state index contributed by atoms with van der Waals surface area (Å²) in [6, 6.07) is 10.4. The highest BCUT2D eigenvalue weighted by atomic mass is 32.2. The van der Waals surface area contributed by atoms with Crippen LogP contribution >= 0.6 is 12.2 Å². The van der Waals surface area contributed by atoms with Crippen molar-refractivity contribution in [1.29, 1.82) is 0 Å². The van der Waals surface area contributed by atoms with E-state index >= 15 is 0 Å². The number of rotatable bonds is 8. The van der Waals surface area contributed by atoms with Crippen molar-refractivity contribution in [2.45, 2.75) is 37.6 Å². The zero-order valence-electron chi connectivity index (χ0n) is 19.0. The van der Waals surface area contributed by atoms with Crippen LogP contribution in [0.2, 0.25) is 0 Å². The Balaban J connectivity index is 1.94. The van der Waals surface area contributed by atoms with Gasteiger partial charge in [0.2, 0.25) is 10.0 Å². The second-order valence-electron chi connectivity index (χ2n) is 7.76. The highest BCUT2D eigenvalue weighted by Gasteiger charge is 2.32. The zero-order valence-corrected chi connectivity index (χ0v) is 20.6. The lowest BCUT2D eigenvalue weighted by molar-refractivity contribution is 0.290. The van der Waals surface area contributed by atoms with Crippen LogP contribution in [0.1, 0.15) is 36.1 Å². The van der Waals surface area contributed by atoms with Gasteiger partial charge in [-0.3, -0.25) is 0 Å². The van der Waals surface area contributed by atoms with Gasteiger partial charge in [0.15, 0.2) is 16.6 Å². The van der Waals surface area contributed by atoms with Gasteiger partial charge >= 0.3 is 0 Å². The maximum absolute atomic E-state index is 12.9. The Hall–Kier alpha value is -2.36. The Morgan fingerprint density at radius 1 is 1.16 bits per heavy atom. The first-order chi connectivity index (χ1) is 15.3. The number of hydrogen-bond donors (Lipinski definition) is 2. The highest BCUT2D eigenvalue weighted by molar-refractivity contribution is 7.89. The Morgan fingerprint density at radius 2 is 1.81 bits per heavy atom. The van der Waals surface area contributed by atoms with Crippen LogP contribution in [-0.4, -0.2) is 52.3 Å². The molecule has 0 unspecified atom stereocenters. The molecule has 9 heteroatoms. The lowest BCUT2D eigenvalue weighted by Crippen LogP contribution is -2.49. The van der Waals surface area contributed by atoms with Crippen LogP contribution in [0.25, 0.3) is 0 Å². The molecular weight excluding hydrogens is 446 g/mol. The fourth-order valence-corrected chi connectivity index (χ4v) is 5.17. The number of aryl methyl sites for hydroxylation is 1. The predicted molar refractivity (Wildman–Crippen MR) is 130 cm³/mol. The summed E-state index contributed by atoms with van der Waals surface area (Å²) in [5, 5.41) is 3.89. The minimum absolute atomic E-state index is 0.173. The van der Waals surface area contributed by atoms with Crippen molar-refractivity contribution < 1.29 is 17.9 Å². The van der Waals surface area contributed by atoms with Crippen LogP contribution in [0.3, 0.4) is 0 Å². The summed E-state index contributed by atoms with van der Waals surface area (Å²) in [4.78, 5) is 2.29. The molecule has 0 bridgehead atoms. The molecule has 0 amide bonds. The summed E-state index contributed by atoms with van der Waals surface area (Å²) in [5.41, 5.74) is 3.07. The second-order valence-corrected chi connectivity index (χ2v) is 9.92. The molecule has 7 nitrogen and oxygen atoms in total. The lowest BCUT2D eigenvalue weighted by Gasteiger charge is -2.39. The molecule has 0 saturated carbocycles. The Kier molecular flexibility index (Phi) is 7.97. The molecule has 2 aromatic carbocycles. The first kappa shape index (κ1) is 24.3. The number of methoxy groups -OCH3 is 2. The number of hydrogen-bond acceptors (Lipinski definition) is 5. The van der Waals surface area contributed by atoms with Crippen molar-refractivity contribution in [3.8, 4) is 11.5 Å². The summed E-state index contributed by atoms with van der Waals surface area (Å²) < 4.78 is 39.6. The normalized spacial score (nSPS) is 15.8. The van der Waals surface area contributed by atoms with Crippen LogP contribution in [0.15, 0.2) is 41.3 Å². The quantitative estimate of drug-likeness (QED) is 0.565. The molecule has 0 spiro atoms. The van der Waals surface area contributed by atoms with Crippen LogP contribution < -0.4 is 19.5 Å².